The molecule has 0 bridgehead atoms. The van der Waals surface area contributed by atoms with Crippen LogP contribution in [0.2, 0.25) is 0 Å². The zero-order chi connectivity index (χ0) is 18.6. The average molecular weight is 360 g/mol. The Morgan fingerprint density at radius 2 is 1.70 bits per heavy atom. The number of nitrogens with zero attached hydrogens (tertiary/aromatic N) is 1. The van der Waals surface area contributed by atoms with Crippen molar-refractivity contribution in [2.24, 2.45) is 0 Å². The number of nitrogen functional groups attached to an aromatic ring is 1. The summed E-state index contributed by atoms with van der Waals surface area (Å²) >= 11 is 0. The molecule has 0 unspecified atom stereocenters. The minimum Gasteiger partial charge on any atom is -0.489 e. The quantitative estimate of drug-likeness (QED) is 0.396. The van der Waals surface area contributed by atoms with E-state index in [2.05, 4.69) is 17.1 Å². The summed E-state index contributed by atoms with van der Waals surface area (Å²) in [7, 11) is 1.63. The predicted octanol–water partition coefficient (Wildman–Crippen LogP) is 4.77. The molecule has 2 N–H and O–H groups in total. The third-order valence-electron chi connectivity index (χ3n) is 4.30. The number of fused-ring (bicyclic) bond motifs is 1. The van der Waals surface area contributed by atoms with Gasteiger partial charge in [0.25, 0.3) is 0 Å². The number of aromatic nitrogens is 1. The molecule has 0 saturated heterocycles. The molecule has 0 fully saturated rings. The van der Waals surface area contributed by atoms with Gasteiger partial charge in [-0.05, 0) is 41.5 Å². The summed E-state index contributed by atoms with van der Waals surface area (Å²) in [6, 6.07) is 21.7. The molecule has 5 nitrogen and oxygen atoms in total. The van der Waals surface area contributed by atoms with Crippen LogP contribution in [-0.2, 0) is 4.74 Å². The van der Waals surface area contributed by atoms with Crippen molar-refractivity contribution in [1.29, 1.82) is 0 Å². The van der Waals surface area contributed by atoms with Crippen LogP contribution in [0.1, 0.15) is 0 Å². The Bertz CT molecular complexity index is 1060. The lowest BCUT2D eigenvalue weighted by atomic mass is 10.1. The first-order valence-electron chi connectivity index (χ1n) is 8.72. The fraction of sp³-hybridized carbons (Fsp3) is 0.136. The third-order valence-corrected chi connectivity index (χ3v) is 4.30. The summed E-state index contributed by atoms with van der Waals surface area (Å²) in [6.07, 6.45) is 0. The van der Waals surface area contributed by atoms with E-state index in [1.165, 1.54) is 0 Å². The highest BCUT2D eigenvalue weighted by atomic mass is 16.5. The summed E-state index contributed by atoms with van der Waals surface area (Å²) in [4.78, 5) is 4.63. The molecule has 0 spiro atoms. The number of hydrogen-bond donors (Lipinski definition) is 1. The van der Waals surface area contributed by atoms with Crippen molar-refractivity contribution >= 4 is 16.8 Å². The maximum Gasteiger partial charge on any atom is 0.227 e. The number of methoxy groups -OCH3 is 1. The molecule has 0 atom stereocenters. The lowest BCUT2D eigenvalue weighted by Gasteiger charge is -2.08. The highest BCUT2D eigenvalue weighted by molar-refractivity contribution is 5.82. The zero-order valence-corrected chi connectivity index (χ0v) is 15.0. The van der Waals surface area contributed by atoms with Crippen LogP contribution in [0, 0.1) is 0 Å². The number of hydrogen-bond acceptors (Lipinski definition) is 5. The Balaban J connectivity index is 1.63. The second-order valence-electron chi connectivity index (χ2n) is 6.16. The van der Waals surface area contributed by atoms with Crippen LogP contribution in [0.5, 0.6) is 5.75 Å². The van der Waals surface area contributed by atoms with E-state index in [1.54, 1.807) is 7.11 Å². The van der Waals surface area contributed by atoms with Crippen LogP contribution in [0.25, 0.3) is 33.7 Å². The number of rotatable bonds is 6. The Morgan fingerprint density at radius 1 is 0.889 bits per heavy atom. The molecule has 0 amide bonds. The fourth-order valence-corrected chi connectivity index (χ4v) is 2.91. The maximum atomic E-state index is 6.10. The molecule has 0 aliphatic rings. The topological polar surface area (TPSA) is 70.5 Å². The summed E-state index contributed by atoms with van der Waals surface area (Å²) < 4.78 is 16.5. The molecular formula is C22H20N2O3. The molecule has 136 valence electrons. The van der Waals surface area contributed by atoms with Crippen molar-refractivity contribution in [3.8, 4) is 28.3 Å². The van der Waals surface area contributed by atoms with E-state index in [1.807, 2.05) is 54.6 Å². The van der Waals surface area contributed by atoms with E-state index >= 15 is 0 Å². The second-order valence-corrected chi connectivity index (χ2v) is 6.16. The number of oxazole rings is 1. The lowest BCUT2D eigenvalue weighted by Crippen LogP contribution is -2.05. The summed E-state index contributed by atoms with van der Waals surface area (Å²) in [5.41, 5.74) is 11.2. The van der Waals surface area contributed by atoms with Crippen molar-refractivity contribution in [2.75, 3.05) is 26.1 Å². The van der Waals surface area contributed by atoms with Gasteiger partial charge in [-0.2, -0.15) is 0 Å². The number of benzene rings is 3. The first-order valence-corrected chi connectivity index (χ1v) is 8.72. The van der Waals surface area contributed by atoms with Gasteiger partial charge in [0.1, 0.15) is 17.9 Å². The van der Waals surface area contributed by atoms with Crippen LogP contribution < -0.4 is 10.5 Å². The number of ether oxygens (including phenoxy) is 2. The average Bonchev–Trinajstić information content (AvgIpc) is 3.13. The summed E-state index contributed by atoms with van der Waals surface area (Å²) in [6.45, 7) is 0.960. The Labute approximate surface area is 157 Å². The number of anilines is 1. The van der Waals surface area contributed by atoms with Gasteiger partial charge in [-0.1, -0.05) is 36.4 Å². The zero-order valence-electron chi connectivity index (χ0n) is 15.0. The lowest BCUT2D eigenvalue weighted by molar-refractivity contribution is 0.146. The first-order chi connectivity index (χ1) is 13.2. The van der Waals surface area contributed by atoms with Gasteiger partial charge in [0, 0.05) is 12.7 Å². The Kier molecular flexibility index (Phi) is 4.77. The van der Waals surface area contributed by atoms with Crippen molar-refractivity contribution in [1.82, 2.24) is 4.98 Å². The third kappa shape index (κ3) is 3.64. The summed E-state index contributed by atoms with van der Waals surface area (Å²) in [5, 5.41) is 0. The van der Waals surface area contributed by atoms with E-state index in [0.29, 0.717) is 30.5 Å². The minimum absolute atomic E-state index is 0.450. The molecule has 4 aromatic rings. The summed E-state index contributed by atoms with van der Waals surface area (Å²) in [5.74, 6) is 1.16. The van der Waals surface area contributed by atoms with Gasteiger partial charge in [0.2, 0.25) is 5.89 Å². The van der Waals surface area contributed by atoms with Crippen LogP contribution in [0.15, 0.2) is 71.1 Å². The highest BCUT2D eigenvalue weighted by Gasteiger charge is 2.11. The van der Waals surface area contributed by atoms with Gasteiger partial charge in [-0.15, -0.1) is 0 Å². The second kappa shape index (κ2) is 7.51. The van der Waals surface area contributed by atoms with Crippen molar-refractivity contribution in [3.63, 3.8) is 0 Å². The van der Waals surface area contributed by atoms with Gasteiger partial charge in [0.15, 0.2) is 5.58 Å². The minimum atomic E-state index is 0.450. The van der Waals surface area contributed by atoms with E-state index in [9.17, 15) is 0 Å². The van der Waals surface area contributed by atoms with E-state index in [0.717, 1.165) is 27.8 Å². The van der Waals surface area contributed by atoms with E-state index in [4.69, 9.17) is 19.6 Å². The molecule has 1 heterocycles. The SMILES string of the molecule is COCCOc1ccc(-c2nc3cc(-c4ccccc4)ccc3o2)cc1N. The van der Waals surface area contributed by atoms with Gasteiger partial charge >= 0.3 is 0 Å². The molecule has 0 radical (unpaired) electrons. The molecule has 3 aromatic carbocycles. The molecule has 0 aliphatic heterocycles. The van der Waals surface area contributed by atoms with Crippen molar-refractivity contribution in [2.45, 2.75) is 0 Å². The van der Waals surface area contributed by atoms with Crippen LogP contribution in [0.4, 0.5) is 5.69 Å². The molecule has 4 rings (SSSR count). The van der Waals surface area contributed by atoms with Gasteiger partial charge in [-0.3, -0.25) is 0 Å². The molecule has 5 heteroatoms. The van der Waals surface area contributed by atoms with Crippen molar-refractivity contribution in [3.05, 3.63) is 66.7 Å². The normalized spacial score (nSPS) is 11.0. The van der Waals surface area contributed by atoms with E-state index < -0.39 is 0 Å². The van der Waals surface area contributed by atoms with Crippen LogP contribution in [0.3, 0.4) is 0 Å². The monoisotopic (exact) mass is 360 g/mol. The smallest absolute Gasteiger partial charge is 0.227 e. The van der Waals surface area contributed by atoms with Gasteiger partial charge in [-0.25, -0.2) is 4.98 Å². The van der Waals surface area contributed by atoms with Crippen LogP contribution >= 0.6 is 0 Å². The van der Waals surface area contributed by atoms with Crippen molar-refractivity contribution < 1.29 is 13.9 Å². The molecule has 1 aromatic heterocycles. The Hall–Kier alpha value is -3.31. The Morgan fingerprint density at radius 3 is 2.48 bits per heavy atom. The van der Waals surface area contributed by atoms with Gasteiger partial charge in [0.05, 0.1) is 12.3 Å². The number of nitrogens with two attached hydrogens (primary N) is 1. The molecule has 27 heavy (non-hydrogen) atoms. The highest BCUT2D eigenvalue weighted by Crippen LogP contribution is 2.31. The standard InChI is InChI=1S/C22H20N2O3/c1-25-11-12-26-20-9-8-17(13-18(20)23)22-24-19-14-16(7-10-21(19)27-22)15-5-3-2-4-6-15/h2-10,13-14H,11-12,23H2,1H3. The maximum absolute atomic E-state index is 6.10. The predicted molar refractivity (Wildman–Crippen MR) is 107 cm³/mol. The first kappa shape index (κ1) is 17.1. The van der Waals surface area contributed by atoms with E-state index in [-0.39, 0.29) is 0 Å². The largest absolute Gasteiger partial charge is 0.489 e. The molecular weight excluding hydrogens is 340 g/mol. The molecule has 0 saturated carbocycles. The van der Waals surface area contributed by atoms with Crippen LogP contribution in [-0.4, -0.2) is 25.3 Å². The molecule has 0 aliphatic carbocycles. The van der Waals surface area contributed by atoms with Gasteiger partial charge < -0.3 is 19.6 Å². The fourth-order valence-electron chi connectivity index (χ4n) is 2.91.